The van der Waals surface area contributed by atoms with Crippen molar-refractivity contribution in [1.29, 1.82) is 0 Å². The number of fused-ring (bicyclic) bond motifs is 5. The number of carbonyl (C=O) groups excluding carboxylic acids is 1. The summed E-state index contributed by atoms with van der Waals surface area (Å²) in [6.45, 7) is 1.03. The van der Waals surface area contributed by atoms with Gasteiger partial charge in [0.15, 0.2) is 5.65 Å². The molecule has 1 aromatic carbocycles. The van der Waals surface area contributed by atoms with Gasteiger partial charge in [0, 0.05) is 18.3 Å². The molecule has 2 bridgehead atoms. The van der Waals surface area contributed by atoms with Crippen molar-refractivity contribution in [2.75, 3.05) is 23.4 Å². The largest absolute Gasteiger partial charge is 0.493 e. The van der Waals surface area contributed by atoms with Gasteiger partial charge in [-0.1, -0.05) is 0 Å². The molecule has 2 aliphatic heterocycles. The Morgan fingerprint density at radius 2 is 2.22 bits per heavy atom. The van der Waals surface area contributed by atoms with Crippen LogP contribution in [0.1, 0.15) is 30.9 Å². The lowest BCUT2D eigenvalue weighted by atomic mass is 10.0. The smallest absolute Gasteiger partial charge is 0.227 e. The third-order valence-corrected chi connectivity index (χ3v) is 5.09. The summed E-state index contributed by atoms with van der Waals surface area (Å²) in [6, 6.07) is 6.42. The van der Waals surface area contributed by atoms with Gasteiger partial charge in [-0.15, -0.1) is 0 Å². The first-order valence-corrected chi connectivity index (χ1v) is 9.02. The molecule has 0 aliphatic carbocycles. The van der Waals surface area contributed by atoms with Crippen LogP contribution in [0.15, 0.2) is 36.7 Å². The number of hydrogen-bond donors (Lipinski definition) is 1. The minimum atomic E-state index is -0.298. The Morgan fingerprint density at radius 3 is 3.15 bits per heavy atom. The first-order valence-electron chi connectivity index (χ1n) is 9.02. The fourth-order valence-electron chi connectivity index (χ4n) is 3.85. The van der Waals surface area contributed by atoms with Gasteiger partial charge in [0.2, 0.25) is 5.91 Å². The summed E-state index contributed by atoms with van der Waals surface area (Å²) in [4.78, 5) is 19.1. The summed E-state index contributed by atoms with van der Waals surface area (Å²) in [5.41, 5.74) is 1.95. The molecule has 1 atom stereocenters. The molecule has 1 amide bonds. The van der Waals surface area contributed by atoms with Gasteiger partial charge >= 0.3 is 0 Å². The number of halogens is 1. The van der Waals surface area contributed by atoms with E-state index >= 15 is 0 Å². The lowest BCUT2D eigenvalue weighted by Crippen LogP contribution is -2.24. The highest BCUT2D eigenvalue weighted by Crippen LogP contribution is 2.40. The third-order valence-electron chi connectivity index (χ3n) is 5.09. The molecular weight excluding hydrogens is 349 g/mol. The molecule has 0 radical (unpaired) electrons. The number of carbonyl (C=O) groups is 1. The van der Waals surface area contributed by atoms with E-state index in [9.17, 15) is 9.18 Å². The Balaban J connectivity index is 1.67. The maximum absolute atomic E-state index is 14.0. The van der Waals surface area contributed by atoms with Crippen LogP contribution in [0.25, 0.3) is 5.65 Å². The quantitative estimate of drug-likeness (QED) is 0.661. The van der Waals surface area contributed by atoms with Gasteiger partial charge in [0.1, 0.15) is 23.1 Å². The second kappa shape index (κ2) is 6.22. The second-order valence-electron chi connectivity index (χ2n) is 6.79. The molecule has 27 heavy (non-hydrogen) atoms. The maximum atomic E-state index is 14.0. The summed E-state index contributed by atoms with van der Waals surface area (Å²) in [5.74, 6) is 0.910. The standard InChI is InChI=1S/C19H18FN5O2/c20-12-3-4-16-13(10-12)15-2-1-7-24(15)17-5-8-25-19(23-17)14(11-21-25)22-18(26)6-9-27-16/h3-5,8,10-11,15H,1-2,6-7,9H2,(H,22,26)/t15-/m0/s1. The third kappa shape index (κ3) is 2.77. The zero-order valence-corrected chi connectivity index (χ0v) is 14.6. The van der Waals surface area contributed by atoms with Crippen LogP contribution in [-0.4, -0.2) is 33.7 Å². The molecule has 1 saturated heterocycles. The Labute approximate surface area is 154 Å². The fraction of sp³-hybridized carbons (Fsp3) is 0.316. The molecule has 5 rings (SSSR count). The number of amides is 1. The first kappa shape index (κ1) is 16.0. The molecule has 0 spiro atoms. The highest BCUT2D eigenvalue weighted by molar-refractivity contribution is 5.94. The van der Waals surface area contributed by atoms with Crippen molar-refractivity contribution in [2.45, 2.75) is 25.3 Å². The lowest BCUT2D eigenvalue weighted by Gasteiger charge is -2.27. The van der Waals surface area contributed by atoms with Crippen LogP contribution >= 0.6 is 0 Å². The van der Waals surface area contributed by atoms with Gasteiger partial charge in [0.25, 0.3) is 0 Å². The van der Waals surface area contributed by atoms with Crippen molar-refractivity contribution >= 4 is 23.1 Å². The molecule has 1 fully saturated rings. The Kier molecular flexibility index (Phi) is 3.70. The average molecular weight is 367 g/mol. The summed E-state index contributed by atoms with van der Waals surface area (Å²) in [5, 5.41) is 7.09. The number of aromatic nitrogens is 3. The Bertz CT molecular complexity index is 1030. The maximum Gasteiger partial charge on any atom is 0.227 e. The predicted octanol–water partition coefficient (Wildman–Crippen LogP) is 2.93. The minimum Gasteiger partial charge on any atom is -0.493 e. The predicted molar refractivity (Wildman–Crippen MR) is 97.4 cm³/mol. The van der Waals surface area contributed by atoms with Gasteiger partial charge < -0.3 is 15.0 Å². The van der Waals surface area contributed by atoms with Crippen LogP contribution in [0.2, 0.25) is 0 Å². The van der Waals surface area contributed by atoms with Crippen molar-refractivity contribution in [3.63, 3.8) is 0 Å². The summed E-state index contributed by atoms with van der Waals surface area (Å²) in [7, 11) is 0. The van der Waals surface area contributed by atoms with Gasteiger partial charge in [-0.3, -0.25) is 4.79 Å². The highest BCUT2D eigenvalue weighted by Gasteiger charge is 2.30. The number of ether oxygens (including phenoxy) is 1. The number of hydrogen-bond acceptors (Lipinski definition) is 5. The first-order chi connectivity index (χ1) is 13.2. The monoisotopic (exact) mass is 367 g/mol. The van der Waals surface area contributed by atoms with E-state index in [4.69, 9.17) is 9.72 Å². The molecule has 0 saturated carbocycles. The Hall–Kier alpha value is -3.16. The SMILES string of the molecule is O=C1CCOc2ccc(F)cc2[C@@H]2CCCN2c2ccn3ncc(c3n2)N1. The van der Waals surface area contributed by atoms with Gasteiger partial charge in [-0.2, -0.15) is 5.10 Å². The second-order valence-corrected chi connectivity index (χ2v) is 6.79. The van der Waals surface area contributed by atoms with E-state index in [0.29, 0.717) is 17.1 Å². The molecule has 8 heteroatoms. The van der Waals surface area contributed by atoms with Crippen LogP contribution in [0, 0.1) is 5.82 Å². The summed E-state index contributed by atoms with van der Waals surface area (Å²) in [6.07, 6.45) is 5.47. The van der Waals surface area contributed by atoms with Crippen LogP contribution in [-0.2, 0) is 4.79 Å². The number of anilines is 2. The number of rotatable bonds is 0. The number of nitrogens with zero attached hydrogens (tertiary/aromatic N) is 4. The number of benzene rings is 1. The average Bonchev–Trinajstić information content (AvgIpc) is 3.29. The van der Waals surface area contributed by atoms with E-state index < -0.39 is 0 Å². The van der Waals surface area contributed by atoms with E-state index in [-0.39, 0.29) is 30.8 Å². The molecule has 7 nitrogen and oxygen atoms in total. The van der Waals surface area contributed by atoms with Crippen molar-refractivity contribution < 1.29 is 13.9 Å². The molecule has 3 aromatic rings. The summed E-state index contributed by atoms with van der Waals surface area (Å²) >= 11 is 0. The van der Waals surface area contributed by atoms with Crippen molar-refractivity contribution in [3.05, 3.63) is 48.0 Å². The normalized spacial score (nSPS) is 19.5. The van der Waals surface area contributed by atoms with E-state index in [1.165, 1.54) is 12.1 Å². The molecule has 4 heterocycles. The van der Waals surface area contributed by atoms with Crippen molar-refractivity contribution in [2.24, 2.45) is 0 Å². The van der Waals surface area contributed by atoms with E-state index in [0.717, 1.165) is 30.8 Å². The molecule has 1 N–H and O–H groups in total. The van der Waals surface area contributed by atoms with Crippen LogP contribution < -0.4 is 15.0 Å². The highest BCUT2D eigenvalue weighted by atomic mass is 19.1. The summed E-state index contributed by atoms with van der Waals surface area (Å²) < 4.78 is 21.5. The zero-order chi connectivity index (χ0) is 18.4. The zero-order valence-electron chi connectivity index (χ0n) is 14.6. The van der Waals surface area contributed by atoms with Crippen LogP contribution in [0.3, 0.4) is 0 Å². The van der Waals surface area contributed by atoms with Gasteiger partial charge in [0.05, 0.1) is 25.3 Å². The van der Waals surface area contributed by atoms with Gasteiger partial charge in [-0.25, -0.2) is 13.9 Å². The lowest BCUT2D eigenvalue weighted by molar-refractivity contribution is -0.116. The Morgan fingerprint density at radius 1 is 1.30 bits per heavy atom. The molecule has 138 valence electrons. The van der Waals surface area contributed by atoms with Crippen LogP contribution in [0.5, 0.6) is 5.75 Å². The van der Waals surface area contributed by atoms with E-state index in [2.05, 4.69) is 15.3 Å². The molecule has 2 aliphatic rings. The van der Waals surface area contributed by atoms with E-state index in [1.807, 2.05) is 12.3 Å². The van der Waals surface area contributed by atoms with Crippen molar-refractivity contribution in [3.8, 4) is 5.75 Å². The molecular formula is C19H18FN5O2. The molecule has 2 aromatic heterocycles. The van der Waals surface area contributed by atoms with E-state index in [1.54, 1.807) is 16.8 Å². The van der Waals surface area contributed by atoms with Crippen LogP contribution in [0.4, 0.5) is 15.9 Å². The van der Waals surface area contributed by atoms with Gasteiger partial charge in [-0.05, 0) is 37.1 Å². The van der Waals surface area contributed by atoms with Crippen molar-refractivity contribution in [1.82, 2.24) is 14.6 Å². The minimum absolute atomic E-state index is 0.0264. The fourth-order valence-corrected chi connectivity index (χ4v) is 3.85. The topological polar surface area (TPSA) is 71.8 Å². The number of nitrogens with one attached hydrogen (secondary N) is 1. The molecule has 0 unspecified atom stereocenters.